The van der Waals surface area contributed by atoms with E-state index >= 15 is 0 Å². The lowest BCUT2D eigenvalue weighted by Crippen LogP contribution is -2.31. The quantitative estimate of drug-likeness (QED) is 0.368. The third kappa shape index (κ3) is 2.47. The van der Waals surface area contributed by atoms with Crippen LogP contribution in [0.25, 0.3) is 0 Å². The normalized spacial score (nSPS) is 17.2. The molecule has 0 radical (unpaired) electrons. The predicted octanol–water partition coefficient (Wildman–Crippen LogP) is 2.42. The summed E-state index contributed by atoms with van der Waals surface area (Å²) in [4.78, 5) is 2.24. The molecule has 0 aliphatic carbocycles. The zero-order valence-corrected chi connectivity index (χ0v) is 10.3. The van der Waals surface area contributed by atoms with E-state index in [0.29, 0.717) is 10.6 Å². The van der Waals surface area contributed by atoms with Gasteiger partial charge in [0, 0.05) is 18.8 Å². The molecular formula is C12H16ClN3O. The van der Waals surface area contributed by atoms with Gasteiger partial charge in [-0.15, -0.1) is 0 Å². The Balaban J connectivity index is 2.41. The van der Waals surface area contributed by atoms with E-state index in [9.17, 15) is 0 Å². The predicted molar refractivity (Wildman–Crippen MR) is 70.0 cm³/mol. The number of piperidine rings is 1. The second-order valence-electron chi connectivity index (χ2n) is 4.17. The second-order valence-corrected chi connectivity index (χ2v) is 4.57. The van der Waals surface area contributed by atoms with Crippen molar-refractivity contribution in [2.24, 2.45) is 10.9 Å². The molecule has 5 heteroatoms. The molecule has 3 N–H and O–H groups in total. The summed E-state index contributed by atoms with van der Waals surface area (Å²) < 4.78 is 0. The lowest BCUT2D eigenvalue weighted by molar-refractivity contribution is 0.318. The van der Waals surface area contributed by atoms with Crippen molar-refractivity contribution < 1.29 is 5.21 Å². The molecule has 4 nitrogen and oxygen atoms in total. The van der Waals surface area contributed by atoms with Gasteiger partial charge in [-0.1, -0.05) is 22.8 Å². The first-order valence-electron chi connectivity index (χ1n) is 5.75. The smallest absolute Gasteiger partial charge is 0.173 e. The molecule has 0 spiro atoms. The van der Waals surface area contributed by atoms with Gasteiger partial charge in [-0.05, 0) is 31.4 Å². The monoisotopic (exact) mass is 253 g/mol. The van der Waals surface area contributed by atoms with Crippen molar-refractivity contribution >= 4 is 23.1 Å². The number of benzene rings is 1. The Morgan fingerprint density at radius 1 is 1.29 bits per heavy atom. The number of amidine groups is 1. The molecule has 0 unspecified atom stereocenters. The van der Waals surface area contributed by atoms with Crippen LogP contribution in [0, 0.1) is 0 Å². The maximum Gasteiger partial charge on any atom is 0.173 e. The van der Waals surface area contributed by atoms with Crippen LogP contribution >= 0.6 is 11.6 Å². The summed E-state index contributed by atoms with van der Waals surface area (Å²) in [6.45, 7) is 1.98. The van der Waals surface area contributed by atoms with E-state index in [0.717, 1.165) is 18.8 Å². The molecule has 1 aromatic carbocycles. The Bertz CT molecular complexity index is 428. The van der Waals surface area contributed by atoms with Gasteiger partial charge in [0.05, 0.1) is 10.6 Å². The number of hydrogen-bond acceptors (Lipinski definition) is 3. The van der Waals surface area contributed by atoms with E-state index in [1.54, 1.807) is 6.07 Å². The van der Waals surface area contributed by atoms with E-state index in [-0.39, 0.29) is 5.84 Å². The standard InChI is InChI=1S/C12H16ClN3O/c13-9-5-4-6-10(11(9)12(14)15-17)16-7-2-1-3-8-16/h4-6,17H,1-3,7-8H2,(H2,14,15). The molecule has 1 fully saturated rings. The fraction of sp³-hybridized carbons (Fsp3) is 0.417. The molecule has 17 heavy (non-hydrogen) atoms. The van der Waals surface area contributed by atoms with Crippen molar-refractivity contribution in [2.75, 3.05) is 18.0 Å². The Morgan fingerprint density at radius 3 is 2.65 bits per heavy atom. The number of anilines is 1. The molecule has 1 heterocycles. The van der Waals surface area contributed by atoms with Crippen LogP contribution in [0.3, 0.4) is 0 Å². The fourth-order valence-corrected chi connectivity index (χ4v) is 2.48. The maximum absolute atomic E-state index is 8.82. The largest absolute Gasteiger partial charge is 0.409 e. The number of rotatable bonds is 2. The molecular weight excluding hydrogens is 238 g/mol. The lowest BCUT2D eigenvalue weighted by atomic mass is 10.1. The molecule has 1 aliphatic rings. The van der Waals surface area contributed by atoms with E-state index in [1.165, 1.54) is 19.3 Å². The van der Waals surface area contributed by atoms with Crippen LogP contribution in [-0.2, 0) is 0 Å². The molecule has 1 aliphatic heterocycles. The van der Waals surface area contributed by atoms with Gasteiger partial charge >= 0.3 is 0 Å². The van der Waals surface area contributed by atoms with E-state index in [4.69, 9.17) is 22.5 Å². The highest BCUT2D eigenvalue weighted by atomic mass is 35.5. The SMILES string of the molecule is NC(=NO)c1c(Cl)cccc1N1CCCCC1. The van der Waals surface area contributed by atoms with Gasteiger partial charge in [-0.3, -0.25) is 0 Å². The number of nitrogens with zero attached hydrogens (tertiary/aromatic N) is 2. The first-order valence-corrected chi connectivity index (χ1v) is 6.13. The molecule has 0 aromatic heterocycles. The van der Waals surface area contributed by atoms with Gasteiger partial charge in [0.15, 0.2) is 5.84 Å². The first-order chi connectivity index (χ1) is 8.24. The van der Waals surface area contributed by atoms with Crippen LogP contribution in [0.4, 0.5) is 5.69 Å². The van der Waals surface area contributed by atoms with Crippen LogP contribution in [0.1, 0.15) is 24.8 Å². The maximum atomic E-state index is 8.82. The van der Waals surface area contributed by atoms with Gasteiger partial charge in [-0.25, -0.2) is 0 Å². The summed E-state index contributed by atoms with van der Waals surface area (Å²) in [5, 5.41) is 12.4. The van der Waals surface area contributed by atoms with Crippen molar-refractivity contribution in [2.45, 2.75) is 19.3 Å². The van der Waals surface area contributed by atoms with Crippen LogP contribution in [0.5, 0.6) is 0 Å². The molecule has 1 aromatic rings. The van der Waals surface area contributed by atoms with E-state index in [2.05, 4.69) is 10.1 Å². The number of halogens is 1. The molecule has 92 valence electrons. The van der Waals surface area contributed by atoms with Crippen molar-refractivity contribution in [3.05, 3.63) is 28.8 Å². The third-order valence-electron chi connectivity index (χ3n) is 3.05. The third-order valence-corrected chi connectivity index (χ3v) is 3.37. The van der Waals surface area contributed by atoms with Crippen LogP contribution in [0.15, 0.2) is 23.4 Å². The Labute approximate surface area is 106 Å². The molecule has 1 saturated heterocycles. The van der Waals surface area contributed by atoms with E-state index in [1.807, 2.05) is 12.1 Å². The van der Waals surface area contributed by atoms with Crippen molar-refractivity contribution in [1.82, 2.24) is 0 Å². The number of nitrogens with two attached hydrogens (primary N) is 1. The van der Waals surface area contributed by atoms with Crippen molar-refractivity contribution in [3.8, 4) is 0 Å². The Kier molecular flexibility index (Phi) is 3.74. The Morgan fingerprint density at radius 2 is 2.00 bits per heavy atom. The fourth-order valence-electron chi connectivity index (χ4n) is 2.21. The summed E-state index contributed by atoms with van der Waals surface area (Å²) >= 11 is 6.12. The zero-order chi connectivity index (χ0) is 12.3. The highest BCUT2D eigenvalue weighted by Crippen LogP contribution is 2.29. The van der Waals surface area contributed by atoms with Crippen molar-refractivity contribution in [1.29, 1.82) is 0 Å². The number of oxime groups is 1. The summed E-state index contributed by atoms with van der Waals surface area (Å²) in [6.07, 6.45) is 3.60. The van der Waals surface area contributed by atoms with Crippen LogP contribution in [0.2, 0.25) is 5.02 Å². The summed E-state index contributed by atoms with van der Waals surface area (Å²) in [7, 11) is 0. The highest BCUT2D eigenvalue weighted by molar-refractivity contribution is 6.34. The minimum atomic E-state index is 0.0659. The van der Waals surface area contributed by atoms with Gasteiger partial charge in [0.25, 0.3) is 0 Å². The lowest BCUT2D eigenvalue weighted by Gasteiger charge is -2.30. The highest BCUT2D eigenvalue weighted by Gasteiger charge is 2.18. The second kappa shape index (κ2) is 5.27. The summed E-state index contributed by atoms with van der Waals surface area (Å²) in [5.74, 6) is 0.0659. The topological polar surface area (TPSA) is 61.9 Å². The minimum absolute atomic E-state index is 0.0659. The van der Waals surface area contributed by atoms with Crippen LogP contribution in [-0.4, -0.2) is 24.1 Å². The Hall–Kier alpha value is -1.42. The molecule has 0 atom stereocenters. The summed E-state index contributed by atoms with van der Waals surface area (Å²) in [5.41, 5.74) is 7.27. The number of hydrogen-bond donors (Lipinski definition) is 2. The molecule has 0 bridgehead atoms. The summed E-state index contributed by atoms with van der Waals surface area (Å²) in [6, 6.07) is 5.60. The zero-order valence-electron chi connectivity index (χ0n) is 9.56. The molecule has 0 amide bonds. The van der Waals surface area contributed by atoms with Gasteiger partial charge in [0.1, 0.15) is 0 Å². The molecule has 0 saturated carbocycles. The van der Waals surface area contributed by atoms with Gasteiger partial charge in [-0.2, -0.15) is 0 Å². The molecule has 2 rings (SSSR count). The van der Waals surface area contributed by atoms with Gasteiger partial charge < -0.3 is 15.8 Å². The van der Waals surface area contributed by atoms with Gasteiger partial charge in [0.2, 0.25) is 0 Å². The van der Waals surface area contributed by atoms with Crippen LogP contribution < -0.4 is 10.6 Å². The van der Waals surface area contributed by atoms with E-state index < -0.39 is 0 Å². The minimum Gasteiger partial charge on any atom is -0.409 e. The average Bonchev–Trinajstić information content (AvgIpc) is 2.38. The average molecular weight is 254 g/mol. The first kappa shape index (κ1) is 12.0. The van der Waals surface area contributed by atoms with Crippen molar-refractivity contribution in [3.63, 3.8) is 0 Å².